The molecule has 1 heterocycles. The van der Waals surface area contributed by atoms with Crippen molar-refractivity contribution in [3.8, 4) is 0 Å². The molecule has 0 radical (unpaired) electrons. The maximum Gasteiger partial charge on any atom is 0.182 e. The number of hydrogen-bond donors (Lipinski definition) is 2. The topological polar surface area (TPSA) is 54.8 Å². The Balaban J connectivity index is 2.25. The molecule has 2 aromatic carbocycles. The summed E-state index contributed by atoms with van der Waals surface area (Å²) in [5.41, 5.74) is 5.73. The highest BCUT2D eigenvalue weighted by Crippen LogP contribution is 2.45. The van der Waals surface area contributed by atoms with Crippen molar-refractivity contribution in [1.82, 2.24) is 4.23 Å². The summed E-state index contributed by atoms with van der Waals surface area (Å²) in [4.78, 5) is 0. The summed E-state index contributed by atoms with van der Waals surface area (Å²) in [7, 11) is -2.45. The minimum atomic E-state index is -2.45. The van der Waals surface area contributed by atoms with Gasteiger partial charge < -0.3 is 9.97 Å². The molecule has 3 aromatic rings. The monoisotopic (exact) mass is 477 g/mol. The number of amidine groups is 1. The van der Waals surface area contributed by atoms with Crippen LogP contribution in [0.1, 0.15) is 58.2 Å². The van der Waals surface area contributed by atoms with Crippen LogP contribution in [0.5, 0.6) is 0 Å². The lowest BCUT2D eigenvalue weighted by atomic mass is 9.99. The molecule has 0 saturated carbocycles. The molecule has 1 aromatic heterocycles. The number of nitrogens with one attached hydrogen (secondary N) is 1. The predicted octanol–water partition coefficient (Wildman–Crippen LogP) is 7.10. The molecule has 3 N–H and O–H groups in total. The molecule has 0 unspecified atom stereocenters. The summed E-state index contributed by atoms with van der Waals surface area (Å²) in [6.45, 7) is 12.6. The Hall–Kier alpha value is -2.61. The van der Waals surface area contributed by atoms with Crippen molar-refractivity contribution < 1.29 is 17.6 Å². The van der Waals surface area contributed by atoms with Crippen LogP contribution in [0, 0.1) is 28.7 Å². The summed E-state index contributed by atoms with van der Waals surface area (Å²) in [5, 5.41) is 7.51. The Morgan fingerprint density at radius 3 is 2.00 bits per heavy atom. The van der Waals surface area contributed by atoms with E-state index in [1.165, 1.54) is 18.2 Å². The molecule has 33 heavy (non-hydrogen) atoms. The molecule has 0 aliphatic heterocycles. The molecule has 0 aliphatic rings. The lowest BCUT2D eigenvalue weighted by Gasteiger charge is -2.44. The van der Waals surface area contributed by atoms with Crippen LogP contribution in [-0.4, -0.2) is 18.3 Å². The van der Waals surface area contributed by atoms with E-state index in [9.17, 15) is 4.39 Å². The number of aromatic nitrogens is 1. The fraction of sp³-hybridized carbons (Fsp3) is 0.400. The lowest BCUT2D eigenvalue weighted by molar-refractivity contribution is 0.491. The first-order valence-corrected chi connectivity index (χ1v) is 13.3. The molecule has 0 saturated heterocycles. The van der Waals surface area contributed by atoms with Gasteiger partial charge in [0.1, 0.15) is 17.5 Å². The lowest BCUT2D eigenvalue weighted by Crippen LogP contribution is -2.51. The Kier molecular flexibility index (Phi) is 6.80. The van der Waals surface area contributed by atoms with Gasteiger partial charge in [0.2, 0.25) is 0 Å². The molecule has 0 aliphatic carbocycles. The van der Waals surface area contributed by atoms with Crippen molar-refractivity contribution in [3.63, 3.8) is 0 Å². The number of nitrogen functional groups attached to an aromatic ring is 1. The van der Waals surface area contributed by atoms with Gasteiger partial charge in [-0.3, -0.25) is 5.41 Å². The van der Waals surface area contributed by atoms with Crippen molar-refractivity contribution in [2.75, 3.05) is 0 Å². The van der Waals surface area contributed by atoms with Gasteiger partial charge >= 0.3 is 0 Å². The first kappa shape index (κ1) is 25.0. The van der Waals surface area contributed by atoms with Crippen LogP contribution in [-0.2, 0) is 6.42 Å². The number of fused-ring (bicyclic) bond motifs is 1. The van der Waals surface area contributed by atoms with Gasteiger partial charge in [-0.2, -0.15) is 0 Å². The Morgan fingerprint density at radius 2 is 1.48 bits per heavy atom. The highest BCUT2D eigenvalue weighted by atomic mass is 28.3. The second kappa shape index (κ2) is 8.97. The van der Waals surface area contributed by atoms with Crippen LogP contribution >= 0.6 is 0 Å². The summed E-state index contributed by atoms with van der Waals surface area (Å²) >= 11 is 0. The zero-order valence-electron chi connectivity index (χ0n) is 19.9. The van der Waals surface area contributed by atoms with Crippen LogP contribution in [0.4, 0.5) is 17.6 Å². The number of nitrogens with two attached hydrogens (primary N) is 1. The van der Waals surface area contributed by atoms with E-state index < -0.39 is 42.9 Å². The molecule has 3 rings (SSSR count). The SMILES string of the molecule is CC(C)[Si](C(C)C)(C(C)C)n1ccc2c(F)c(Cc3ccc(F)c(C(=N)N)c3)c(F)c(F)c21. The van der Waals surface area contributed by atoms with Gasteiger partial charge in [-0.15, -0.1) is 0 Å². The zero-order valence-corrected chi connectivity index (χ0v) is 20.9. The minimum absolute atomic E-state index is 0.0277. The number of hydrogen-bond acceptors (Lipinski definition) is 1. The highest BCUT2D eigenvalue weighted by Gasteiger charge is 2.46. The van der Waals surface area contributed by atoms with Gasteiger partial charge in [0.15, 0.2) is 19.9 Å². The Morgan fingerprint density at radius 1 is 0.909 bits per heavy atom. The van der Waals surface area contributed by atoms with Gasteiger partial charge in [-0.25, -0.2) is 17.6 Å². The largest absolute Gasteiger partial charge is 0.384 e. The molecule has 0 amide bonds. The van der Waals surface area contributed by atoms with Gasteiger partial charge in [-0.05, 0) is 46.6 Å². The minimum Gasteiger partial charge on any atom is -0.384 e. The summed E-state index contributed by atoms with van der Waals surface area (Å²) < 4.78 is 62.2. The first-order chi connectivity index (χ1) is 15.3. The van der Waals surface area contributed by atoms with Crippen molar-refractivity contribution in [3.05, 3.63) is 70.4 Å². The van der Waals surface area contributed by atoms with Crippen LogP contribution < -0.4 is 5.73 Å². The summed E-state index contributed by atoms with van der Waals surface area (Å²) in [6, 6.07) is 5.22. The smallest absolute Gasteiger partial charge is 0.182 e. The maximum absolute atomic E-state index is 15.6. The van der Waals surface area contributed by atoms with E-state index in [2.05, 4.69) is 41.5 Å². The summed E-state index contributed by atoms with van der Waals surface area (Å²) in [6.07, 6.45) is 1.41. The van der Waals surface area contributed by atoms with Crippen molar-refractivity contribution in [1.29, 1.82) is 5.41 Å². The van der Waals surface area contributed by atoms with E-state index in [1.54, 1.807) is 6.20 Å². The third kappa shape index (κ3) is 3.88. The standard InChI is InChI=1S/C25H31F4N3Si/c1-13(2)33(14(3)4,15(5)6)32-10-9-17-21(27)19(22(28)23(29)24(17)32)12-16-7-8-20(26)18(11-16)25(30)31/h7-11,13-15H,12H2,1-6H3,(H3,30,31). The van der Waals surface area contributed by atoms with E-state index in [1.807, 2.05) is 4.23 Å². The number of nitrogens with zero attached hydrogens (tertiary/aromatic N) is 1. The normalized spacial score (nSPS) is 12.5. The molecule has 0 bridgehead atoms. The predicted molar refractivity (Wildman–Crippen MR) is 128 cm³/mol. The summed E-state index contributed by atoms with van der Waals surface area (Å²) in [5.74, 6) is -4.34. The third-order valence-corrected chi connectivity index (χ3v) is 13.7. The van der Waals surface area contributed by atoms with E-state index in [0.29, 0.717) is 5.56 Å². The van der Waals surface area contributed by atoms with Gasteiger partial charge in [0.05, 0.1) is 11.1 Å². The average Bonchev–Trinajstić information content (AvgIpc) is 3.15. The molecule has 0 atom stereocenters. The van der Waals surface area contributed by atoms with Crippen LogP contribution in [0.3, 0.4) is 0 Å². The fourth-order valence-corrected chi connectivity index (χ4v) is 12.3. The van der Waals surface area contributed by atoms with E-state index >= 15 is 13.2 Å². The van der Waals surface area contributed by atoms with Crippen LogP contribution in [0.25, 0.3) is 10.9 Å². The molecule has 8 heteroatoms. The fourth-order valence-electron chi connectivity index (χ4n) is 5.73. The van der Waals surface area contributed by atoms with Crippen LogP contribution in [0.2, 0.25) is 16.6 Å². The van der Waals surface area contributed by atoms with Gasteiger partial charge in [0.25, 0.3) is 0 Å². The Labute approximate surface area is 193 Å². The van der Waals surface area contributed by atoms with Crippen molar-refractivity contribution in [2.24, 2.45) is 5.73 Å². The number of benzene rings is 2. The average molecular weight is 478 g/mol. The van der Waals surface area contributed by atoms with E-state index in [-0.39, 0.29) is 39.5 Å². The van der Waals surface area contributed by atoms with Crippen molar-refractivity contribution >= 4 is 25.0 Å². The van der Waals surface area contributed by atoms with Crippen molar-refractivity contribution in [2.45, 2.75) is 64.6 Å². The maximum atomic E-state index is 15.6. The molecule has 0 spiro atoms. The second-order valence-electron chi connectivity index (χ2n) is 9.62. The third-order valence-electron chi connectivity index (χ3n) is 6.95. The van der Waals surface area contributed by atoms with E-state index in [0.717, 1.165) is 6.07 Å². The molecular formula is C25H31F4N3Si. The second-order valence-corrected chi connectivity index (χ2v) is 15.3. The first-order valence-electron chi connectivity index (χ1n) is 11.1. The van der Waals surface area contributed by atoms with Crippen LogP contribution in [0.15, 0.2) is 30.5 Å². The van der Waals surface area contributed by atoms with Gasteiger partial charge in [-0.1, -0.05) is 47.6 Å². The van der Waals surface area contributed by atoms with Gasteiger partial charge in [0, 0.05) is 17.4 Å². The number of rotatable bonds is 7. The molecular weight excluding hydrogens is 446 g/mol. The zero-order chi connectivity index (χ0) is 24.8. The molecule has 178 valence electrons. The molecule has 3 nitrogen and oxygen atoms in total. The quantitative estimate of drug-likeness (QED) is 0.123. The number of halogens is 4. The molecule has 0 fully saturated rings. The Bertz CT molecular complexity index is 1190. The van der Waals surface area contributed by atoms with E-state index in [4.69, 9.17) is 11.1 Å². The highest BCUT2D eigenvalue weighted by molar-refractivity contribution is 6.82.